The molecule has 2 aromatic carbocycles. The van der Waals surface area contributed by atoms with Crippen LogP contribution in [0.5, 0.6) is 0 Å². The number of likely N-dealkylation sites (tertiary alicyclic amines) is 1. The van der Waals surface area contributed by atoms with E-state index in [0.717, 1.165) is 38.0 Å². The zero-order chi connectivity index (χ0) is 17.5. The van der Waals surface area contributed by atoms with Gasteiger partial charge < -0.3 is 10.4 Å². The topological polar surface area (TPSA) is 59.3 Å². The quantitative estimate of drug-likeness (QED) is 0.852. The first kappa shape index (κ1) is 17.6. The number of rotatable bonds is 6. The Hall–Kier alpha value is -2.19. The summed E-state index contributed by atoms with van der Waals surface area (Å²) in [5.74, 6) is 0. The van der Waals surface area contributed by atoms with Crippen molar-refractivity contribution in [1.82, 2.24) is 10.2 Å². The van der Waals surface area contributed by atoms with Gasteiger partial charge in [-0.15, -0.1) is 0 Å². The third-order valence-corrected chi connectivity index (χ3v) is 4.90. The minimum absolute atomic E-state index is 0.0104. The Balaban J connectivity index is 1.48. The fourth-order valence-electron chi connectivity index (χ4n) is 3.42. The van der Waals surface area contributed by atoms with Crippen molar-refractivity contribution in [3.63, 3.8) is 0 Å². The fraction of sp³-hybridized carbons (Fsp3) is 0.381. The van der Waals surface area contributed by atoms with Gasteiger partial charge in [0.25, 0.3) is 0 Å². The molecule has 0 bridgehead atoms. The fourth-order valence-corrected chi connectivity index (χ4v) is 3.42. The molecule has 0 unspecified atom stereocenters. The van der Waals surface area contributed by atoms with E-state index >= 15 is 0 Å². The highest BCUT2D eigenvalue weighted by Gasteiger charge is 2.22. The number of nitrogens with one attached hydrogen (secondary N) is 1. The van der Waals surface area contributed by atoms with Crippen LogP contribution in [0.2, 0.25) is 0 Å². The summed E-state index contributed by atoms with van der Waals surface area (Å²) in [6.45, 7) is 3.14. The van der Waals surface area contributed by atoms with E-state index in [1.807, 2.05) is 42.5 Å². The zero-order valence-corrected chi connectivity index (χ0v) is 14.4. The first-order valence-corrected chi connectivity index (χ1v) is 8.91. The Morgan fingerprint density at radius 2 is 1.76 bits per heavy atom. The van der Waals surface area contributed by atoms with Crippen LogP contribution in [-0.2, 0) is 6.54 Å². The summed E-state index contributed by atoms with van der Waals surface area (Å²) < 4.78 is 0. The van der Waals surface area contributed by atoms with Gasteiger partial charge in [0.15, 0.2) is 0 Å². The molecular formula is C21H25N3O. The summed E-state index contributed by atoms with van der Waals surface area (Å²) in [5, 5.41) is 22.2. The molecule has 0 aliphatic carbocycles. The Morgan fingerprint density at radius 3 is 2.36 bits per heavy atom. The summed E-state index contributed by atoms with van der Waals surface area (Å²) >= 11 is 0. The SMILES string of the molecule is N#Cc1ccc(CN2CCC(N[C@H](CO)c3ccccc3)CC2)cc1. The molecule has 1 atom stereocenters. The lowest BCUT2D eigenvalue weighted by molar-refractivity contribution is 0.167. The third-order valence-electron chi connectivity index (χ3n) is 4.90. The van der Waals surface area contributed by atoms with Gasteiger partial charge in [0.1, 0.15) is 0 Å². The van der Waals surface area contributed by atoms with E-state index in [1.54, 1.807) is 0 Å². The van der Waals surface area contributed by atoms with Gasteiger partial charge in [-0.3, -0.25) is 4.90 Å². The van der Waals surface area contributed by atoms with Crippen molar-refractivity contribution >= 4 is 0 Å². The molecule has 2 N–H and O–H groups in total. The van der Waals surface area contributed by atoms with Crippen molar-refractivity contribution in [2.24, 2.45) is 0 Å². The van der Waals surface area contributed by atoms with E-state index in [1.165, 1.54) is 5.56 Å². The van der Waals surface area contributed by atoms with Crippen molar-refractivity contribution in [1.29, 1.82) is 5.26 Å². The number of aliphatic hydroxyl groups excluding tert-OH is 1. The van der Waals surface area contributed by atoms with E-state index in [-0.39, 0.29) is 12.6 Å². The molecule has 1 saturated heterocycles. The number of piperidine rings is 1. The minimum Gasteiger partial charge on any atom is -0.394 e. The standard InChI is InChI=1S/C21H25N3O/c22-14-17-6-8-18(9-7-17)15-24-12-10-20(11-13-24)23-21(16-25)19-4-2-1-3-5-19/h1-9,20-21,23,25H,10-13,15-16H2/t21-/m1/s1. The van der Waals surface area contributed by atoms with Gasteiger partial charge >= 0.3 is 0 Å². The lowest BCUT2D eigenvalue weighted by Crippen LogP contribution is -2.44. The molecule has 130 valence electrons. The molecule has 0 amide bonds. The van der Waals surface area contributed by atoms with Crippen molar-refractivity contribution in [3.8, 4) is 6.07 Å². The second-order valence-corrected chi connectivity index (χ2v) is 6.67. The maximum atomic E-state index is 9.70. The molecule has 0 saturated carbocycles. The first-order valence-electron chi connectivity index (χ1n) is 8.91. The normalized spacial score (nSPS) is 17.1. The van der Waals surface area contributed by atoms with E-state index in [0.29, 0.717) is 11.6 Å². The number of nitriles is 1. The van der Waals surface area contributed by atoms with Gasteiger partial charge in [-0.25, -0.2) is 0 Å². The van der Waals surface area contributed by atoms with Crippen molar-refractivity contribution in [2.45, 2.75) is 31.5 Å². The monoisotopic (exact) mass is 335 g/mol. The lowest BCUT2D eigenvalue weighted by Gasteiger charge is -2.34. The summed E-state index contributed by atoms with van der Waals surface area (Å²) in [7, 11) is 0. The van der Waals surface area contributed by atoms with Gasteiger partial charge in [0, 0.05) is 12.6 Å². The molecule has 4 heteroatoms. The van der Waals surface area contributed by atoms with Crippen LogP contribution < -0.4 is 5.32 Å². The summed E-state index contributed by atoms with van der Waals surface area (Å²) in [6, 6.07) is 20.6. The molecule has 1 aliphatic heterocycles. The van der Waals surface area contributed by atoms with Gasteiger partial charge in [0.2, 0.25) is 0 Å². The average Bonchev–Trinajstić information content (AvgIpc) is 2.68. The Kier molecular flexibility index (Phi) is 6.19. The number of benzene rings is 2. The third kappa shape index (κ3) is 4.90. The predicted octanol–water partition coefficient (Wildman–Crippen LogP) is 2.85. The predicted molar refractivity (Wildman–Crippen MR) is 98.9 cm³/mol. The van der Waals surface area contributed by atoms with Crippen LogP contribution in [0.1, 0.15) is 35.6 Å². The highest BCUT2D eigenvalue weighted by Crippen LogP contribution is 2.19. The van der Waals surface area contributed by atoms with Crippen LogP contribution >= 0.6 is 0 Å². The largest absolute Gasteiger partial charge is 0.394 e. The summed E-state index contributed by atoms with van der Waals surface area (Å²) in [5.41, 5.74) is 3.11. The summed E-state index contributed by atoms with van der Waals surface area (Å²) in [6.07, 6.45) is 2.17. The van der Waals surface area contributed by atoms with Crippen LogP contribution in [0, 0.1) is 11.3 Å². The molecule has 3 rings (SSSR count). The van der Waals surface area contributed by atoms with Crippen LogP contribution in [0.3, 0.4) is 0 Å². The summed E-state index contributed by atoms with van der Waals surface area (Å²) in [4.78, 5) is 2.45. The molecule has 25 heavy (non-hydrogen) atoms. The van der Waals surface area contributed by atoms with Gasteiger partial charge in [-0.2, -0.15) is 5.26 Å². The number of aliphatic hydroxyl groups is 1. The van der Waals surface area contributed by atoms with E-state index < -0.39 is 0 Å². The maximum absolute atomic E-state index is 9.70. The molecule has 1 fully saturated rings. The van der Waals surface area contributed by atoms with Crippen molar-refractivity contribution < 1.29 is 5.11 Å². The molecule has 4 nitrogen and oxygen atoms in total. The first-order chi connectivity index (χ1) is 12.3. The smallest absolute Gasteiger partial charge is 0.0991 e. The molecule has 2 aromatic rings. The number of hydrogen-bond donors (Lipinski definition) is 2. The second-order valence-electron chi connectivity index (χ2n) is 6.67. The van der Waals surface area contributed by atoms with Gasteiger partial charge in [-0.05, 0) is 49.2 Å². The van der Waals surface area contributed by atoms with Gasteiger partial charge in [-0.1, -0.05) is 42.5 Å². The van der Waals surface area contributed by atoms with Crippen LogP contribution in [0.15, 0.2) is 54.6 Å². The van der Waals surface area contributed by atoms with Crippen LogP contribution in [0.4, 0.5) is 0 Å². The van der Waals surface area contributed by atoms with Gasteiger partial charge in [0.05, 0.1) is 24.3 Å². The lowest BCUT2D eigenvalue weighted by atomic mass is 10.0. The molecule has 0 aromatic heterocycles. The molecule has 1 heterocycles. The average molecular weight is 335 g/mol. The molecule has 0 radical (unpaired) electrons. The molecule has 0 spiro atoms. The Labute approximate surface area is 149 Å². The highest BCUT2D eigenvalue weighted by molar-refractivity contribution is 5.31. The Morgan fingerprint density at radius 1 is 1.08 bits per heavy atom. The van der Waals surface area contributed by atoms with Crippen molar-refractivity contribution in [3.05, 3.63) is 71.3 Å². The molecule has 1 aliphatic rings. The van der Waals surface area contributed by atoms with Crippen LogP contribution in [0.25, 0.3) is 0 Å². The van der Waals surface area contributed by atoms with Crippen LogP contribution in [-0.4, -0.2) is 35.7 Å². The minimum atomic E-state index is 0.0104. The number of hydrogen-bond acceptors (Lipinski definition) is 4. The molecular weight excluding hydrogens is 310 g/mol. The van der Waals surface area contributed by atoms with E-state index in [2.05, 4.69) is 28.4 Å². The highest BCUT2D eigenvalue weighted by atomic mass is 16.3. The Bertz CT molecular complexity index is 685. The van der Waals surface area contributed by atoms with E-state index in [4.69, 9.17) is 5.26 Å². The number of nitrogens with zero attached hydrogens (tertiary/aromatic N) is 2. The zero-order valence-electron chi connectivity index (χ0n) is 14.4. The maximum Gasteiger partial charge on any atom is 0.0991 e. The van der Waals surface area contributed by atoms with E-state index in [9.17, 15) is 5.11 Å². The van der Waals surface area contributed by atoms with Crippen molar-refractivity contribution in [2.75, 3.05) is 19.7 Å². The second kappa shape index (κ2) is 8.77.